The number of hydrogen-bond acceptors (Lipinski definition) is 0. The van der Waals surface area contributed by atoms with Gasteiger partial charge in [0, 0.05) is 0 Å². The van der Waals surface area contributed by atoms with Gasteiger partial charge in [-0.1, -0.05) is 0 Å². The van der Waals surface area contributed by atoms with Gasteiger partial charge in [0.1, 0.15) is 0 Å². The Bertz CT molecular complexity index is 130. The van der Waals surface area contributed by atoms with Crippen LogP contribution in [0.3, 0.4) is 0 Å². The van der Waals surface area contributed by atoms with Crippen LogP contribution in [0.15, 0.2) is 0 Å². The van der Waals surface area contributed by atoms with Crippen molar-refractivity contribution in [3.63, 3.8) is 0 Å². The van der Waals surface area contributed by atoms with Crippen molar-refractivity contribution in [2.24, 2.45) is 0 Å². The molecule has 0 unspecified atom stereocenters. The molecule has 0 heterocycles. The van der Waals surface area contributed by atoms with Crippen molar-refractivity contribution < 1.29 is 4.20 Å². The van der Waals surface area contributed by atoms with Crippen molar-refractivity contribution in [2.45, 2.75) is 47.0 Å². The maximum atomic E-state index is 14.8. The van der Waals surface area contributed by atoms with E-state index in [1.165, 1.54) is 12.8 Å². The zero-order valence-electron chi connectivity index (χ0n) is 9.77. The molecule has 0 aliphatic carbocycles. The van der Waals surface area contributed by atoms with Crippen LogP contribution in [0.25, 0.3) is 0 Å². The number of unbranched alkanes of at least 4 members (excludes halogenated alkanes) is 2. The molecule has 0 aromatic carbocycles. The molecule has 0 aliphatic heterocycles. The predicted molar refractivity (Wildman–Crippen MR) is 64.0 cm³/mol. The van der Waals surface area contributed by atoms with Crippen molar-refractivity contribution >= 4 is 6.91 Å². The molecule has 0 saturated heterocycles. The molecule has 0 atom stereocenters. The summed E-state index contributed by atoms with van der Waals surface area (Å²) in [6, 6.07) is 0. The molecule has 0 fully saturated rings. The quantitative estimate of drug-likeness (QED) is 0.421. The molecular formula is C11H26FP. The van der Waals surface area contributed by atoms with Gasteiger partial charge in [0.15, 0.2) is 0 Å². The number of halogens is 1. The van der Waals surface area contributed by atoms with Crippen LogP contribution in [0.1, 0.15) is 47.0 Å². The first-order valence-corrected chi connectivity index (χ1v) is 8.63. The summed E-state index contributed by atoms with van der Waals surface area (Å²) in [4.78, 5) is 0. The first kappa shape index (κ1) is 13.4. The van der Waals surface area contributed by atoms with E-state index in [2.05, 4.69) is 6.92 Å². The Kier molecular flexibility index (Phi) is 5.44. The summed E-state index contributed by atoms with van der Waals surface area (Å²) >= 11 is 0. The van der Waals surface area contributed by atoms with E-state index >= 15 is 0 Å². The molecule has 0 spiro atoms. The summed E-state index contributed by atoms with van der Waals surface area (Å²) in [5.74, 6) is 0. The van der Waals surface area contributed by atoms with E-state index in [9.17, 15) is 4.20 Å². The van der Waals surface area contributed by atoms with Crippen molar-refractivity contribution in [3.8, 4) is 0 Å². The minimum absolute atomic E-state index is 0.794. The zero-order chi connectivity index (χ0) is 10.4. The summed E-state index contributed by atoms with van der Waals surface area (Å²) in [5, 5.41) is 0. The molecule has 82 valence electrons. The molecule has 0 N–H and O–H groups in total. The molecule has 0 radical (unpaired) electrons. The Hall–Kier alpha value is 0.360. The molecule has 0 saturated carbocycles. The van der Waals surface area contributed by atoms with E-state index in [0.717, 1.165) is 31.1 Å². The Morgan fingerprint density at radius 2 is 1.31 bits per heavy atom. The van der Waals surface area contributed by atoms with Crippen LogP contribution in [-0.4, -0.2) is 24.6 Å². The Labute approximate surface area is 83.3 Å². The van der Waals surface area contributed by atoms with Crippen LogP contribution in [0, 0.1) is 0 Å². The third kappa shape index (κ3) is 3.54. The Morgan fingerprint density at radius 1 is 0.846 bits per heavy atom. The van der Waals surface area contributed by atoms with Gasteiger partial charge in [-0.25, -0.2) is 0 Å². The van der Waals surface area contributed by atoms with Crippen LogP contribution >= 0.6 is 6.91 Å². The topological polar surface area (TPSA) is 0 Å². The molecule has 0 nitrogen and oxygen atoms in total. The van der Waals surface area contributed by atoms with Gasteiger partial charge in [-0.05, 0) is 0 Å². The standard InChI is InChI=1S/C11H26FP/c1-5-9-10-11-13(12,6-2,7-3)8-4/h5-11H2,1-4H3. The Balaban J connectivity index is 4.23. The van der Waals surface area contributed by atoms with Gasteiger partial charge in [-0.3, -0.25) is 0 Å². The second kappa shape index (κ2) is 5.29. The summed E-state index contributed by atoms with van der Waals surface area (Å²) in [6.45, 7) is 5.57. The fraction of sp³-hybridized carbons (Fsp3) is 1.00. The van der Waals surface area contributed by atoms with Gasteiger partial charge in [-0.2, -0.15) is 0 Å². The van der Waals surface area contributed by atoms with Crippen LogP contribution in [-0.2, 0) is 0 Å². The number of rotatable bonds is 7. The van der Waals surface area contributed by atoms with Crippen molar-refractivity contribution in [1.82, 2.24) is 0 Å². The minimum atomic E-state index is -2.72. The molecule has 0 bridgehead atoms. The van der Waals surface area contributed by atoms with E-state index in [1.807, 2.05) is 20.8 Å². The molecular weight excluding hydrogens is 182 g/mol. The van der Waals surface area contributed by atoms with E-state index in [1.54, 1.807) is 0 Å². The van der Waals surface area contributed by atoms with Gasteiger partial charge in [-0.15, -0.1) is 0 Å². The zero-order valence-corrected chi connectivity index (χ0v) is 10.7. The normalized spacial score (nSPS) is 15.3. The second-order valence-corrected chi connectivity index (χ2v) is 10.2. The molecule has 0 amide bonds. The Morgan fingerprint density at radius 3 is 1.62 bits per heavy atom. The predicted octanol–water partition coefficient (Wildman–Crippen LogP) is 4.67. The molecule has 0 aromatic rings. The monoisotopic (exact) mass is 208 g/mol. The first-order valence-electron chi connectivity index (χ1n) is 5.76. The molecule has 0 rings (SSSR count). The van der Waals surface area contributed by atoms with Gasteiger partial charge in [0.2, 0.25) is 0 Å². The number of hydrogen-bond donors (Lipinski definition) is 0. The van der Waals surface area contributed by atoms with Crippen molar-refractivity contribution in [1.29, 1.82) is 0 Å². The van der Waals surface area contributed by atoms with E-state index in [0.29, 0.717) is 0 Å². The molecule has 0 aromatic heterocycles. The van der Waals surface area contributed by atoms with Crippen LogP contribution in [0.5, 0.6) is 0 Å². The van der Waals surface area contributed by atoms with Crippen LogP contribution in [0.4, 0.5) is 4.20 Å². The average molecular weight is 208 g/mol. The van der Waals surface area contributed by atoms with E-state index in [4.69, 9.17) is 0 Å². The molecule has 2 heteroatoms. The summed E-state index contributed by atoms with van der Waals surface area (Å²) in [6.07, 6.45) is 6.75. The summed E-state index contributed by atoms with van der Waals surface area (Å²) < 4.78 is 14.8. The van der Waals surface area contributed by atoms with Crippen molar-refractivity contribution in [3.05, 3.63) is 0 Å². The molecule has 0 aliphatic rings. The van der Waals surface area contributed by atoms with Crippen molar-refractivity contribution in [2.75, 3.05) is 24.6 Å². The third-order valence-electron chi connectivity index (χ3n) is 3.69. The van der Waals surface area contributed by atoms with E-state index in [-0.39, 0.29) is 0 Å². The fourth-order valence-corrected chi connectivity index (χ4v) is 5.21. The average Bonchev–Trinajstić information content (AvgIpc) is 2.19. The summed E-state index contributed by atoms with van der Waals surface area (Å²) in [5.41, 5.74) is 0. The van der Waals surface area contributed by atoms with Gasteiger partial charge in [0.05, 0.1) is 0 Å². The maximum absolute atomic E-state index is 14.8. The van der Waals surface area contributed by atoms with E-state index < -0.39 is 6.91 Å². The third-order valence-corrected chi connectivity index (χ3v) is 9.87. The SMILES string of the molecule is CCCCCP(F)(CC)(CC)CC. The summed E-state index contributed by atoms with van der Waals surface area (Å²) in [7, 11) is 0. The van der Waals surface area contributed by atoms with Crippen LogP contribution in [0.2, 0.25) is 0 Å². The van der Waals surface area contributed by atoms with Gasteiger partial charge < -0.3 is 0 Å². The molecule has 13 heavy (non-hydrogen) atoms. The second-order valence-electron chi connectivity index (χ2n) is 4.20. The van der Waals surface area contributed by atoms with Gasteiger partial charge in [0.25, 0.3) is 0 Å². The van der Waals surface area contributed by atoms with Gasteiger partial charge >= 0.3 is 82.7 Å². The van der Waals surface area contributed by atoms with Crippen LogP contribution < -0.4 is 0 Å². The first-order chi connectivity index (χ1) is 6.04. The fourth-order valence-electron chi connectivity index (χ4n) is 1.90.